The lowest BCUT2D eigenvalue weighted by atomic mass is 10.1. The molecule has 9 nitrogen and oxygen atoms in total. The molecule has 1 fully saturated rings. The summed E-state index contributed by atoms with van der Waals surface area (Å²) in [6, 6.07) is 4.53. The first-order valence-electron chi connectivity index (χ1n) is 7.72. The lowest BCUT2D eigenvalue weighted by Crippen LogP contribution is -2.37. The predicted octanol–water partition coefficient (Wildman–Crippen LogP) is 0.758. The maximum absolute atomic E-state index is 11.9. The molecule has 0 saturated carbocycles. The minimum Gasteiger partial charge on any atom is -0.493 e. The first kappa shape index (κ1) is 18.4. The van der Waals surface area contributed by atoms with Gasteiger partial charge >= 0.3 is 12.0 Å². The number of benzene rings is 1. The van der Waals surface area contributed by atoms with Crippen LogP contribution in [0.3, 0.4) is 0 Å². The Balaban J connectivity index is 1.79. The molecule has 0 spiro atoms. The highest BCUT2D eigenvalue weighted by Gasteiger charge is 2.33. The highest BCUT2D eigenvalue weighted by atomic mass is 16.5. The molecule has 1 aliphatic heterocycles. The molecular weight excluding hydrogens is 330 g/mol. The molecule has 1 aromatic rings. The van der Waals surface area contributed by atoms with Crippen LogP contribution in [0, 0.1) is 5.92 Å². The van der Waals surface area contributed by atoms with Gasteiger partial charge in [-0.25, -0.2) is 4.79 Å². The summed E-state index contributed by atoms with van der Waals surface area (Å²) in [6.07, 6.45) is 0.00712. The Morgan fingerprint density at radius 3 is 2.60 bits per heavy atom. The number of methoxy groups -OCH3 is 2. The molecule has 0 aromatic heterocycles. The van der Waals surface area contributed by atoms with E-state index in [4.69, 9.17) is 14.6 Å². The van der Waals surface area contributed by atoms with E-state index >= 15 is 0 Å². The van der Waals surface area contributed by atoms with Crippen molar-refractivity contribution in [3.63, 3.8) is 0 Å². The number of aliphatic carboxylic acids is 1. The number of nitrogens with zero attached hydrogens (tertiary/aromatic N) is 1. The molecule has 1 heterocycles. The van der Waals surface area contributed by atoms with E-state index in [1.54, 1.807) is 18.2 Å². The van der Waals surface area contributed by atoms with E-state index < -0.39 is 17.9 Å². The van der Waals surface area contributed by atoms with Crippen molar-refractivity contribution in [1.82, 2.24) is 10.2 Å². The van der Waals surface area contributed by atoms with Gasteiger partial charge in [-0.15, -0.1) is 0 Å². The van der Waals surface area contributed by atoms with Gasteiger partial charge in [-0.05, 0) is 12.1 Å². The largest absolute Gasteiger partial charge is 0.493 e. The number of nitrogens with one attached hydrogen (secondary N) is 2. The third-order valence-corrected chi connectivity index (χ3v) is 3.87. The lowest BCUT2D eigenvalue weighted by Gasteiger charge is -2.16. The average Bonchev–Trinajstić information content (AvgIpc) is 2.96. The summed E-state index contributed by atoms with van der Waals surface area (Å²) in [7, 11) is 3.02. The summed E-state index contributed by atoms with van der Waals surface area (Å²) >= 11 is 0. The number of carboxylic acids is 1. The number of amides is 3. The van der Waals surface area contributed by atoms with Crippen molar-refractivity contribution in [2.75, 3.05) is 39.2 Å². The number of ether oxygens (including phenoxy) is 2. The van der Waals surface area contributed by atoms with Crippen LogP contribution in [0.5, 0.6) is 11.5 Å². The van der Waals surface area contributed by atoms with Gasteiger partial charge in [0.1, 0.15) is 0 Å². The molecule has 3 N–H and O–H groups in total. The van der Waals surface area contributed by atoms with E-state index in [0.29, 0.717) is 17.2 Å². The first-order chi connectivity index (χ1) is 11.9. The fourth-order valence-corrected chi connectivity index (χ4v) is 2.55. The van der Waals surface area contributed by atoms with Crippen LogP contribution in [0.25, 0.3) is 0 Å². The second kappa shape index (κ2) is 8.22. The van der Waals surface area contributed by atoms with Crippen LogP contribution >= 0.6 is 0 Å². The Morgan fingerprint density at radius 2 is 2.00 bits per heavy atom. The molecule has 1 aromatic carbocycles. The van der Waals surface area contributed by atoms with E-state index in [1.165, 1.54) is 19.1 Å². The van der Waals surface area contributed by atoms with Gasteiger partial charge in [0, 0.05) is 37.8 Å². The number of hydrogen-bond donors (Lipinski definition) is 3. The summed E-state index contributed by atoms with van der Waals surface area (Å²) in [5, 5.41) is 14.2. The number of carbonyl (C=O) groups is 3. The molecule has 1 saturated heterocycles. The first-order valence-corrected chi connectivity index (χ1v) is 7.72. The highest BCUT2D eigenvalue weighted by molar-refractivity contribution is 5.90. The number of likely N-dealkylation sites (tertiary alicyclic amines) is 1. The maximum Gasteiger partial charge on any atom is 0.319 e. The van der Waals surface area contributed by atoms with Crippen molar-refractivity contribution < 1.29 is 29.0 Å². The fourth-order valence-electron chi connectivity index (χ4n) is 2.55. The van der Waals surface area contributed by atoms with Crippen molar-refractivity contribution in [2.45, 2.75) is 6.42 Å². The molecule has 136 valence electrons. The Morgan fingerprint density at radius 1 is 1.28 bits per heavy atom. The molecule has 1 atom stereocenters. The van der Waals surface area contributed by atoms with Gasteiger partial charge in [0.25, 0.3) is 0 Å². The topological polar surface area (TPSA) is 117 Å². The summed E-state index contributed by atoms with van der Waals surface area (Å²) in [5.41, 5.74) is 0.526. The zero-order valence-electron chi connectivity index (χ0n) is 14.1. The van der Waals surface area contributed by atoms with Crippen LogP contribution in [0.15, 0.2) is 18.2 Å². The highest BCUT2D eigenvalue weighted by Crippen LogP contribution is 2.29. The number of urea groups is 1. The molecule has 0 aliphatic carbocycles. The molecule has 9 heteroatoms. The number of rotatable bonds is 7. The maximum atomic E-state index is 11.9. The molecule has 3 amide bonds. The SMILES string of the molecule is COc1ccc(NC(=O)NCCN2CC(C(=O)O)CC2=O)cc1OC. The smallest absolute Gasteiger partial charge is 0.319 e. The van der Waals surface area contributed by atoms with Crippen LogP contribution in [-0.4, -0.2) is 61.8 Å². The molecular formula is C16H21N3O6. The summed E-state index contributed by atoms with van der Waals surface area (Å²) in [5.74, 6) is -0.825. The van der Waals surface area contributed by atoms with Gasteiger partial charge in [0.2, 0.25) is 5.91 Å². The van der Waals surface area contributed by atoms with Gasteiger partial charge in [-0.2, -0.15) is 0 Å². The van der Waals surface area contributed by atoms with Crippen LogP contribution in [0.1, 0.15) is 6.42 Å². The minimum atomic E-state index is -0.977. The number of anilines is 1. The Hall–Kier alpha value is -2.97. The van der Waals surface area contributed by atoms with E-state index in [9.17, 15) is 14.4 Å². The molecule has 25 heavy (non-hydrogen) atoms. The normalized spacial score (nSPS) is 16.5. The van der Waals surface area contributed by atoms with Crippen molar-refractivity contribution in [2.24, 2.45) is 5.92 Å². The Kier molecular flexibility index (Phi) is 6.04. The van der Waals surface area contributed by atoms with Crippen molar-refractivity contribution in [3.05, 3.63) is 18.2 Å². The Labute approximate surface area is 144 Å². The minimum absolute atomic E-state index is 0.00712. The molecule has 0 bridgehead atoms. The van der Waals surface area contributed by atoms with Gasteiger partial charge in [-0.3, -0.25) is 9.59 Å². The predicted molar refractivity (Wildman–Crippen MR) is 88.9 cm³/mol. The lowest BCUT2D eigenvalue weighted by molar-refractivity contribution is -0.141. The third-order valence-electron chi connectivity index (χ3n) is 3.87. The van der Waals surface area contributed by atoms with Crippen LogP contribution < -0.4 is 20.1 Å². The monoisotopic (exact) mass is 351 g/mol. The van der Waals surface area contributed by atoms with Crippen LogP contribution in [0.2, 0.25) is 0 Å². The zero-order valence-corrected chi connectivity index (χ0v) is 14.1. The summed E-state index contributed by atoms with van der Waals surface area (Å²) < 4.78 is 10.3. The quantitative estimate of drug-likeness (QED) is 0.668. The second-order valence-electron chi connectivity index (χ2n) is 5.53. The van der Waals surface area contributed by atoms with Crippen LogP contribution in [0.4, 0.5) is 10.5 Å². The number of carbonyl (C=O) groups excluding carboxylic acids is 2. The van der Waals surface area contributed by atoms with Gasteiger partial charge in [-0.1, -0.05) is 0 Å². The summed E-state index contributed by atoms with van der Waals surface area (Å²) in [4.78, 5) is 35.9. The van der Waals surface area contributed by atoms with E-state index in [2.05, 4.69) is 10.6 Å². The van der Waals surface area contributed by atoms with Crippen molar-refractivity contribution in [1.29, 1.82) is 0 Å². The molecule has 2 rings (SSSR count). The zero-order chi connectivity index (χ0) is 18.4. The number of carboxylic acid groups (broad SMARTS) is 1. The molecule has 0 radical (unpaired) electrons. The van der Waals surface area contributed by atoms with E-state index in [0.717, 1.165) is 0 Å². The average molecular weight is 351 g/mol. The van der Waals surface area contributed by atoms with Crippen LogP contribution in [-0.2, 0) is 9.59 Å². The fraction of sp³-hybridized carbons (Fsp3) is 0.438. The van der Waals surface area contributed by atoms with E-state index in [1.807, 2.05) is 0 Å². The van der Waals surface area contributed by atoms with Gasteiger partial charge in [0.15, 0.2) is 11.5 Å². The van der Waals surface area contributed by atoms with Gasteiger partial charge < -0.3 is 30.1 Å². The van der Waals surface area contributed by atoms with Crippen molar-refractivity contribution >= 4 is 23.6 Å². The Bertz CT molecular complexity index is 663. The molecule has 1 unspecified atom stereocenters. The van der Waals surface area contributed by atoms with E-state index in [-0.39, 0.29) is 32.0 Å². The molecule has 1 aliphatic rings. The standard InChI is InChI=1S/C16H21N3O6/c1-24-12-4-3-11(8-13(12)25-2)18-16(23)17-5-6-19-9-10(15(21)22)7-14(19)20/h3-4,8,10H,5-7,9H2,1-2H3,(H,21,22)(H2,17,18,23). The van der Waals surface area contributed by atoms with Crippen molar-refractivity contribution in [3.8, 4) is 11.5 Å². The number of hydrogen-bond acceptors (Lipinski definition) is 5. The van der Waals surface area contributed by atoms with Gasteiger partial charge in [0.05, 0.1) is 20.1 Å². The second-order valence-corrected chi connectivity index (χ2v) is 5.53. The summed E-state index contributed by atoms with van der Waals surface area (Å²) in [6.45, 7) is 0.659. The third kappa shape index (κ3) is 4.75.